The number of ether oxygens (including phenoxy) is 2. The van der Waals surface area contributed by atoms with Crippen molar-refractivity contribution in [3.05, 3.63) is 18.2 Å². The van der Waals surface area contributed by atoms with Crippen LogP contribution < -0.4 is 14.8 Å². The molecule has 0 radical (unpaired) electrons. The first-order chi connectivity index (χ1) is 14.5. The molecular formula is C21H27N3O5S. The van der Waals surface area contributed by atoms with Gasteiger partial charge in [-0.05, 0) is 37.8 Å². The third-order valence-electron chi connectivity index (χ3n) is 6.69. The maximum Gasteiger partial charge on any atom is 0.253 e. The Morgan fingerprint density at radius 3 is 2.47 bits per heavy atom. The molecule has 0 aromatic heterocycles. The van der Waals surface area contributed by atoms with Crippen LogP contribution in [0, 0.1) is 5.92 Å². The van der Waals surface area contributed by atoms with Crippen LogP contribution in [0.15, 0.2) is 28.1 Å². The Kier molecular flexibility index (Phi) is 4.97. The van der Waals surface area contributed by atoms with Crippen molar-refractivity contribution < 1.29 is 22.7 Å². The van der Waals surface area contributed by atoms with Crippen LogP contribution in [-0.4, -0.2) is 56.3 Å². The SMILES string of the molecule is O=C1NC(C2CCCCC2)=NC12CCN(S(=O)(=O)c1ccc3c(c1)OCCO3)CC2. The van der Waals surface area contributed by atoms with Gasteiger partial charge in [-0.1, -0.05) is 19.3 Å². The Bertz CT molecular complexity index is 976. The molecular weight excluding hydrogens is 406 g/mol. The third kappa shape index (κ3) is 3.37. The molecule has 1 amide bonds. The largest absolute Gasteiger partial charge is 0.486 e. The minimum Gasteiger partial charge on any atom is -0.486 e. The van der Waals surface area contributed by atoms with E-state index in [1.165, 1.54) is 29.6 Å². The van der Waals surface area contributed by atoms with Gasteiger partial charge in [-0.3, -0.25) is 9.79 Å². The molecule has 0 bridgehead atoms. The number of amidine groups is 1. The van der Waals surface area contributed by atoms with Gasteiger partial charge in [0.05, 0.1) is 4.90 Å². The number of hydrogen-bond acceptors (Lipinski definition) is 6. The molecule has 4 aliphatic rings. The predicted octanol–water partition coefficient (Wildman–Crippen LogP) is 2.09. The minimum absolute atomic E-state index is 0.0700. The van der Waals surface area contributed by atoms with Crippen molar-refractivity contribution in [3.8, 4) is 11.5 Å². The first-order valence-electron chi connectivity index (χ1n) is 10.8. The van der Waals surface area contributed by atoms with Crippen LogP contribution in [0.1, 0.15) is 44.9 Å². The van der Waals surface area contributed by atoms with Crippen molar-refractivity contribution in [2.24, 2.45) is 10.9 Å². The molecule has 8 nitrogen and oxygen atoms in total. The smallest absolute Gasteiger partial charge is 0.253 e. The van der Waals surface area contributed by atoms with Crippen LogP contribution in [0.3, 0.4) is 0 Å². The molecule has 1 spiro atoms. The highest BCUT2D eigenvalue weighted by atomic mass is 32.2. The number of hydrogen-bond donors (Lipinski definition) is 1. The van der Waals surface area contributed by atoms with E-state index in [0.717, 1.165) is 18.7 Å². The minimum atomic E-state index is -3.68. The molecule has 30 heavy (non-hydrogen) atoms. The van der Waals surface area contributed by atoms with Crippen molar-refractivity contribution in [1.29, 1.82) is 0 Å². The highest BCUT2D eigenvalue weighted by molar-refractivity contribution is 7.89. The number of piperidine rings is 1. The molecule has 1 aliphatic carbocycles. The number of carbonyl (C=O) groups excluding carboxylic acids is 1. The Labute approximate surface area is 176 Å². The van der Waals surface area contributed by atoms with Crippen molar-refractivity contribution >= 4 is 21.8 Å². The number of rotatable bonds is 3. The molecule has 5 rings (SSSR count). The van der Waals surface area contributed by atoms with E-state index in [9.17, 15) is 13.2 Å². The summed E-state index contributed by atoms with van der Waals surface area (Å²) in [6.07, 6.45) is 6.54. The lowest BCUT2D eigenvalue weighted by molar-refractivity contribution is -0.125. The number of nitrogens with one attached hydrogen (secondary N) is 1. The molecule has 162 valence electrons. The van der Waals surface area contributed by atoms with Crippen molar-refractivity contribution in [2.45, 2.75) is 55.4 Å². The lowest BCUT2D eigenvalue weighted by Gasteiger charge is -2.34. The lowest BCUT2D eigenvalue weighted by atomic mass is 9.88. The molecule has 9 heteroatoms. The molecule has 1 saturated heterocycles. The number of aliphatic imine (C=N–C) groups is 1. The molecule has 1 aromatic rings. The molecule has 0 atom stereocenters. The maximum absolute atomic E-state index is 13.2. The zero-order valence-corrected chi connectivity index (χ0v) is 17.7. The highest BCUT2D eigenvalue weighted by Crippen LogP contribution is 2.37. The molecule has 2 fully saturated rings. The highest BCUT2D eigenvalue weighted by Gasteiger charge is 2.48. The Balaban J connectivity index is 1.31. The number of carbonyl (C=O) groups is 1. The normalized spacial score (nSPS) is 24.5. The van der Waals surface area contributed by atoms with E-state index in [4.69, 9.17) is 14.5 Å². The Hall–Kier alpha value is -2.13. The number of benzene rings is 1. The standard InChI is InChI=1S/C21H27N3O5S/c25-20-21(23-19(22-20)15-4-2-1-3-5-15)8-10-24(11-9-21)30(26,27)16-6-7-17-18(14-16)29-13-12-28-17/h6-7,14-15H,1-5,8-13H2,(H,22,23,25). The summed E-state index contributed by atoms with van der Waals surface area (Å²) in [5, 5.41) is 3.02. The molecule has 0 unspecified atom stereocenters. The summed E-state index contributed by atoms with van der Waals surface area (Å²) in [6.45, 7) is 1.40. The lowest BCUT2D eigenvalue weighted by Crippen LogP contribution is -2.50. The topological polar surface area (TPSA) is 97.3 Å². The van der Waals surface area contributed by atoms with E-state index in [2.05, 4.69) is 5.32 Å². The Morgan fingerprint density at radius 1 is 1.03 bits per heavy atom. The molecule has 3 heterocycles. The van der Waals surface area contributed by atoms with Gasteiger partial charge in [0.1, 0.15) is 24.6 Å². The van der Waals surface area contributed by atoms with Gasteiger partial charge in [0.15, 0.2) is 11.5 Å². The summed E-state index contributed by atoms with van der Waals surface area (Å²) in [5.74, 6) is 2.10. The number of nitrogens with zero attached hydrogens (tertiary/aromatic N) is 2. The van der Waals surface area contributed by atoms with Gasteiger partial charge in [-0.2, -0.15) is 4.31 Å². The second kappa shape index (κ2) is 7.53. The van der Waals surface area contributed by atoms with Crippen LogP contribution in [0.2, 0.25) is 0 Å². The average molecular weight is 434 g/mol. The number of sulfonamides is 1. The van der Waals surface area contributed by atoms with E-state index >= 15 is 0 Å². The van der Waals surface area contributed by atoms with Gasteiger partial charge >= 0.3 is 0 Å². The molecule has 1 N–H and O–H groups in total. The zero-order chi connectivity index (χ0) is 20.8. The second-order valence-corrected chi connectivity index (χ2v) is 10.5. The van der Waals surface area contributed by atoms with Crippen LogP contribution in [-0.2, 0) is 14.8 Å². The van der Waals surface area contributed by atoms with Crippen molar-refractivity contribution in [1.82, 2.24) is 9.62 Å². The number of fused-ring (bicyclic) bond motifs is 1. The van der Waals surface area contributed by atoms with E-state index in [1.54, 1.807) is 12.1 Å². The van der Waals surface area contributed by atoms with Crippen LogP contribution in [0.4, 0.5) is 0 Å². The number of amides is 1. The van der Waals surface area contributed by atoms with Crippen LogP contribution in [0.25, 0.3) is 0 Å². The van der Waals surface area contributed by atoms with E-state index in [0.29, 0.717) is 43.5 Å². The predicted molar refractivity (Wildman–Crippen MR) is 110 cm³/mol. The van der Waals surface area contributed by atoms with Gasteiger partial charge in [-0.15, -0.1) is 0 Å². The molecule has 1 saturated carbocycles. The van der Waals surface area contributed by atoms with Gasteiger partial charge in [0.2, 0.25) is 10.0 Å². The Morgan fingerprint density at radius 2 is 1.73 bits per heavy atom. The van der Waals surface area contributed by atoms with Gasteiger partial charge < -0.3 is 14.8 Å². The summed E-state index contributed by atoms with van der Waals surface area (Å²) in [7, 11) is -3.68. The van der Waals surface area contributed by atoms with Gasteiger partial charge in [0.25, 0.3) is 5.91 Å². The van der Waals surface area contributed by atoms with Crippen LogP contribution in [0.5, 0.6) is 11.5 Å². The van der Waals surface area contributed by atoms with E-state index < -0.39 is 15.6 Å². The fourth-order valence-electron chi connectivity index (χ4n) is 4.88. The maximum atomic E-state index is 13.2. The van der Waals surface area contributed by atoms with Gasteiger partial charge in [0, 0.05) is 25.1 Å². The summed E-state index contributed by atoms with van der Waals surface area (Å²) in [6, 6.07) is 4.71. The van der Waals surface area contributed by atoms with E-state index in [-0.39, 0.29) is 23.9 Å². The zero-order valence-electron chi connectivity index (χ0n) is 16.9. The third-order valence-corrected chi connectivity index (χ3v) is 8.59. The summed E-state index contributed by atoms with van der Waals surface area (Å²) in [4.78, 5) is 17.8. The van der Waals surface area contributed by atoms with Crippen molar-refractivity contribution in [2.75, 3.05) is 26.3 Å². The molecule has 3 aliphatic heterocycles. The first kappa shape index (κ1) is 19.8. The second-order valence-electron chi connectivity index (χ2n) is 8.53. The summed E-state index contributed by atoms with van der Waals surface area (Å²) < 4.78 is 38.8. The van der Waals surface area contributed by atoms with Crippen LogP contribution >= 0.6 is 0 Å². The summed E-state index contributed by atoms with van der Waals surface area (Å²) in [5.41, 5.74) is -0.814. The van der Waals surface area contributed by atoms with Crippen molar-refractivity contribution in [3.63, 3.8) is 0 Å². The fourth-order valence-corrected chi connectivity index (χ4v) is 6.34. The molecule has 1 aromatic carbocycles. The van der Waals surface area contributed by atoms with E-state index in [1.807, 2.05) is 0 Å². The van der Waals surface area contributed by atoms with Gasteiger partial charge in [-0.25, -0.2) is 8.42 Å². The quantitative estimate of drug-likeness (QED) is 0.787. The first-order valence-corrected chi connectivity index (χ1v) is 12.2. The monoisotopic (exact) mass is 433 g/mol. The average Bonchev–Trinajstić information content (AvgIpc) is 3.10. The summed E-state index contributed by atoms with van der Waals surface area (Å²) >= 11 is 0. The fraction of sp³-hybridized carbons (Fsp3) is 0.619.